The summed E-state index contributed by atoms with van der Waals surface area (Å²) in [6, 6.07) is 10.1. The van der Waals surface area contributed by atoms with Crippen LogP contribution in [0.15, 0.2) is 52.4 Å². The van der Waals surface area contributed by atoms with E-state index in [1.165, 1.54) is 0 Å². The zero-order chi connectivity index (χ0) is 19.4. The molecule has 0 fully saturated rings. The van der Waals surface area contributed by atoms with Crippen molar-refractivity contribution in [1.29, 1.82) is 0 Å². The molecule has 0 atom stereocenters. The number of thioether (sulfide) groups is 1. The van der Waals surface area contributed by atoms with E-state index in [1.54, 1.807) is 12.1 Å². The molecule has 1 aromatic heterocycles. The number of aryl methyl sites for hydroxylation is 1. The summed E-state index contributed by atoms with van der Waals surface area (Å²) >= 11 is 0.940. The number of aromatic amines is 1. The fraction of sp³-hybridized carbons (Fsp3) is 0.111. The average molecular weight is 388 g/mol. The van der Waals surface area contributed by atoms with Gasteiger partial charge in [-0.3, -0.25) is 14.6 Å². The number of rotatable bonds is 5. The lowest BCUT2D eigenvalue weighted by molar-refractivity contribution is -0.113. The minimum atomic E-state index is -0.871. The summed E-state index contributed by atoms with van der Waals surface area (Å²) in [6.45, 7) is 1.93. The predicted octanol–water partition coefficient (Wildman–Crippen LogP) is 3.15. The van der Waals surface area contributed by atoms with Crippen LogP contribution in [0.2, 0.25) is 0 Å². The number of hydrogen-bond donors (Lipinski definition) is 2. The van der Waals surface area contributed by atoms with Crippen LogP contribution in [0.1, 0.15) is 5.56 Å². The van der Waals surface area contributed by atoms with Gasteiger partial charge in [-0.25, -0.2) is 8.78 Å². The highest BCUT2D eigenvalue weighted by atomic mass is 32.2. The number of aromatic nitrogens is 3. The van der Waals surface area contributed by atoms with Crippen LogP contribution >= 0.6 is 11.8 Å². The molecule has 0 saturated carbocycles. The third-order valence-corrected chi connectivity index (χ3v) is 4.41. The first-order valence-electron chi connectivity index (χ1n) is 7.84. The summed E-state index contributed by atoms with van der Waals surface area (Å²) in [5.41, 5.74) is 1.31. The first kappa shape index (κ1) is 18.7. The molecular weight excluding hydrogens is 374 g/mol. The number of nitrogens with zero attached hydrogens (tertiary/aromatic N) is 2. The molecule has 0 saturated heterocycles. The quantitative estimate of drug-likeness (QED) is 0.656. The number of carbonyl (C=O) groups is 1. The van der Waals surface area contributed by atoms with E-state index in [2.05, 4.69) is 20.5 Å². The number of halogens is 2. The van der Waals surface area contributed by atoms with E-state index in [-0.39, 0.29) is 22.3 Å². The lowest BCUT2D eigenvalue weighted by Crippen LogP contribution is -2.17. The van der Waals surface area contributed by atoms with Crippen LogP contribution in [-0.2, 0) is 4.79 Å². The Bertz CT molecular complexity index is 1040. The molecule has 27 heavy (non-hydrogen) atoms. The van der Waals surface area contributed by atoms with E-state index in [0.717, 1.165) is 29.5 Å². The minimum Gasteiger partial charge on any atom is -0.323 e. The van der Waals surface area contributed by atoms with Crippen LogP contribution in [0.5, 0.6) is 0 Å². The Balaban J connectivity index is 1.64. The van der Waals surface area contributed by atoms with Crippen molar-refractivity contribution < 1.29 is 13.6 Å². The van der Waals surface area contributed by atoms with Crippen molar-refractivity contribution in [2.45, 2.75) is 12.1 Å². The summed E-state index contributed by atoms with van der Waals surface area (Å²) in [5, 5.41) is 10.3. The molecule has 0 unspecified atom stereocenters. The van der Waals surface area contributed by atoms with Crippen molar-refractivity contribution in [3.05, 3.63) is 70.0 Å². The topological polar surface area (TPSA) is 87.7 Å². The second-order valence-corrected chi connectivity index (χ2v) is 6.60. The molecule has 0 bridgehead atoms. The predicted molar refractivity (Wildman–Crippen MR) is 98.5 cm³/mol. The Morgan fingerprint density at radius 2 is 1.89 bits per heavy atom. The summed E-state index contributed by atoms with van der Waals surface area (Å²) < 4.78 is 26.4. The number of hydrogen-bond acceptors (Lipinski definition) is 5. The van der Waals surface area contributed by atoms with E-state index < -0.39 is 23.1 Å². The highest BCUT2D eigenvalue weighted by Crippen LogP contribution is 2.17. The maximum Gasteiger partial charge on any atom is 0.278 e. The van der Waals surface area contributed by atoms with Crippen molar-refractivity contribution in [2.75, 3.05) is 11.1 Å². The Kier molecular flexibility index (Phi) is 5.60. The van der Waals surface area contributed by atoms with E-state index in [4.69, 9.17) is 0 Å². The molecule has 3 aromatic rings. The van der Waals surface area contributed by atoms with Gasteiger partial charge in [0.1, 0.15) is 11.6 Å². The van der Waals surface area contributed by atoms with E-state index in [9.17, 15) is 18.4 Å². The smallest absolute Gasteiger partial charge is 0.278 e. The molecule has 0 spiro atoms. The molecule has 0 radical (unpaired) electrons. The number of anilines is 1. The number of carbonyl (C=O) groups excluding carboxylic acids is 1. The van der Waals surface area contributed by atoms with Gasteiger partial charge in [-0.2, -0.15) is 0 Å². The third-order valence-electron chi connectivity index (χ3n) is 3.55. The SMILES string of the molecule is Cc1ccc(-c2nnc(SCC(=O)Nc3ccc(F)cc3F)[nH]c2=O)cc1. The summed E-state index contributed by atoms with van der Waals surface area (Å²) in [4.78, 5) is 26.6. The van der Waals surface area contributed by atoms with Gasteiger partial charge in [0, 0.05) is 11.6 Å². The van der Waals surface area contributed by atoms with E-state index >= 15 is 0 Å². The normalized spacial score (nSPS) is 10.6. The standard InChI is InChI=1S/C18H14F2N4O2S/c1-10-2-4-11(5-3-10)16-17(26)22-18(24-23-16)27-9-15(25)21-14-7-6-12(19)8-13(14)20/h2-8H,9H2,1H3,(H,21,25)(H,22,24,26). The molecule has 2 N–H and O–H groups in total. The average Bonchev–Trinajstić information content (AvgIpc) is 2.63. The molecule has 0 aliphatic heterocycles. The molecule has 138 valence electrons. The molecular formula is C18H14F2N4O2S. The van der Waals surface area contributed by atoms with Gasteiger partial charge in [-0.05, 0) is 19.1 Å². The summed E-state index contributed by atoms with van der Waals surface area (Å²) in [6.07, 6.45) is 0. The minimum absolute atomic E-state index is 0.128. The van der Waals surface area contributed by atoms with Gasteiger partial charge in [0.05, 0.1) is 11.4 Å². The van der Waals surface area contributed by atoms with Crippen LogP contribution in [0.25, 0.3) is 11.3 Å². The molecule has 1 heterocycles. The molecule has 0 aliphatic carbocycles. The lowest BCUT2D eigenvalue weighted by atomic mass is 10.1. The molecule has 0 aliphatic rings. The van der Waals surface area contributed by atoms with Gasteiger partial charge in [0.25, 0.3) is 5.56 Å². The summed E-state index contributed by atoms with van der Waals surface area (Å²) in [5.74, 6) is -2.27. The highest BCUT2D eigenvalue weighted by Gasteiger charge is 2.11. The molecule has 1 amide bonds. The third kappa shape index (κ3) is 4.76. The molecule has 9 heteroatoms. The van der Waals surface area contributed by atoms with Gasteiger partial charge in [-0.15, -0.1) is 10.2 Å². The maximum atomic E-state index is 13.5. The maximum absolute atomic E-state index is 13.5. The number of nitrogens with one attached hydrogen (secondary N) is 2. The van der Waals surface area contributed by atoms with Crippen molar-refractivity contribution >= 4 is 23.4 Å². The van der Waals surface area contributed by atoms with Gasteiger partial charge >= 0.3 is 0 Å². The first-order valence-corrected chi connectivity index (χ1v) is 8.82. The zero-order valence-electron chi connectivity index (χ0n) is 14.1. The largest absolute Gasteiger partial charge is 0.323 e. The van der Waals surface area contributed by atoms with Crippen LogP contribution < -0.4 is 10.9 Å². The van der Waals surface area contributed by atoms with Crippen molar-refractivity contribution in [1.82, 2.24) is 15.2 Å². The van der Waals surface area contributed by atoms with Gasteiger partial charge < -0.3 is 5.32 Å². The van der Waals surface area contributed by atoms with Gasteiger partial charge in [-0.1, -0.05) is 41.6 Å². The number of amides is 1. The van der Waals surface area contributed by atoms with E-state index in [1.807, 2.05) is 19.1 Å². The fourth-order valence-electron chi connectivity index (χ4n) is 2.20. The first-order chi connectivity index (χ1) is 12.9. The Labute approximate surface area is 157 Å². The summed E-state index contributed by atoms with van der Waals surface area (Å²) in [7, 11) is 0. The number of H-pyrrole nitrogens is 1. The zero-order valence-corrected chi connectivity index (χ0v) is 14.9. The van der Waals surface area contributed by atoms with Gasteiger partial charge in [0.15, 0.2) is 10.9 Å². The van der Waals surface area contributed by atoms with E-state index in [0.29, 0.717) is 11.6 Å². The monoisotopic (exact) mass is 388 g/mol. The second kappa shape index (κ2) is 8.09. The molecule has 2 aromatic carbocycles. The van der Waals surface area contributed by atoms with Crippen LogP contribution in [-0.4, -0.2) is 26.8 Å². The van der Waals surface area contributed by atoms with Crippen LogP contribution in [0.3, 0.4) is 0 Å². The fourth-order valence-corrected chi connectivity index (χ4v) is 2.80. The Morgan fingerprint density at radius 1 is 1.15 bits per heavy atom. The molecule has 6 nitrogen and oxygen atoms in total. The van der Waals surface area contributed by atoms with Crippen LogP contribution in [0.4, 0.5) is 14.5 Å². The lowest BCUT2D eigenvalue weighted by Gasteiger charge is -2.06. The molecule has 3 rings (SSSR count). The van der Waals surface area contributed by atoms with Crippen molar-refractivity contribution in [3.63, 3.8) is 0 Å². The second-order valence-electron chi connectivity index (χ2n) is 5.63. The van der Waals surface area contributed by atoms with Crippen molar-refractivity contribution in [3.8, 4) is 11.3 Å². The highest BCUT2D eigenvalue weighted by molar-refractivity contribution is 7.99. The van der Waals surface area contributed by atoms with Crippen LogP contribution in [0, 0.1) is 18.6 Å². The Morgan fingerprint density at radius 3 is 2.56 bits per heavy atom. The van der Waals surface area contributed by atoms with Gasteiger partial charge in [0.2, 0.25) is 5.91 Å². The number of benzene rings is 2. The van der Waals surface area contributed by atoms with Crippen molar-refractivity contribution in [2.24, 2.45) is 0 Å². The Hall–Kier alpha value is -3.07.